The molecule has 0 saturated heterocycles. The summed E-state index contributed by atoms with van der Waals surface area (Å²) in [6.45, 7) is 0. The first kappa shape index (κ1) is 13.6. The normalized spacial score (nSPS) is 17.3. The van der Waals surface area contributed by atoms with E-state index in [9.17, 15) is 4.79 Å². The topological polar surface area (TPSA) is 17.1 Å². The summed E-state index contributed by atoms with van der Waals surface area (Å²) in [5.74, 6) is 1.01. The Morgan fingerprint density at radius 1 is 1.41 bits per heavy atom. The number of hydrogen-bond donors (Lipinski definition) is 0. The van der Waals surface area contributed by atoms with Gasteiger partial charge in [-0.3, -0.25) is 4.79 Å². The molecule has 1 aliphatic rings. The standard InChI is InChI=1S/C13H16BrClOS/c14-10-8-12(17-13(10)15)11(16)7-6-9-4-2-1-3-5-9/h8-9H,1-7H2. The van der Waals surface area contributed by atoms with Crippen LogP contribution in [-0.2, 0) is 0 Å². The number of rotatable bonds is 4. The number of thiophene rings is 1. The van der Waals surface area contributed by atoms with Crippen molar-refractivity contribution < 1.29 is 4.79 Å². The highest BCUT2D eigenvalue weighted by Crippen LogP contribution is 2.33. The fraction of sp³-hybridized carbons (Fsp3) is 0.615. The van der Waals surface area contributed by atoms with Gasteiger partial charge in [0.1, 0.15) is 4.34 Å². The monoisotopic (exact) mass is 334 g/mol. The van der Waals surface area contributed by atoms with Crippen LogP contribution in [0.25, 0.3) is 0 Å². The second-order valence-electron chi connectivity index (χ2n) is 4.70. The largest absolute Gasteiger partial charge is 0.293 e. The number of carbonyl (C=O) groups is 1. The minimum atomic E-state index is 0.244. The number of ketones is 1. The molecule has 1 aromatic heterocycles. The van der Waals surface area contributed by atoms with E-state index < -0.39 is 0 Å². The Bertz CT molecular complexity index is 377. The Labute approximate surface area is 120 Å². The Balaban J connectivity index is 1.84. The summed E-state index contributed by atoms with van der Waals surface area (Å²) in [5.41, 5.74) is 0. The van der Waals surface area contributed by atoms with Crippen LogP contribution in [0.3, 0.4) is 0 Å². The van der Waals surface area contributed by atoms with Crippen LogP contribution in [0.4, 0.5) is 0 Å². The number of hydrogen-bond acceptors (Lipinski definition) is 2. The summed E-state index contributed by atoms with van der Waals surface area (Å²) in [6.07, 6.45) is 8.40. The molecule has 1 aliphatic carbocycles. The summed E-state index contributed by atoms with van der Waals surface area (Å²) < 4.78 is 1.51. The van der Waals surface area contributed by atoms with Crippen molar-refractivity contribution in [1.82, 2.24) is 0 Å². The number of halogens is 2. The molecule has 0 bridgehead atoms. The van der Waals surface area contributed by atoms with Crippen molar-refractivity contribution in [2.45, 2.75) is 44.9 Å². The van der Waals surface area contributed by atoms with Crippen molar-refractivity contribution in [3.63, 3.8) is 0 Å². The third-order valence-corrected chi connectivity index (χ3v) is 5.94. The van der Waals surface area contributed by atoms with Gasteiger partial charge in [0, 0.05) is 10.9 Å². The van der Waals surface area contributed by atoms with Crippen molar-refractivity contribution in [2.24, 2.45) is 5.92 Å². The molecule has 1 fully saturated rings. The molecule has 2 rings (SSSR count). The maximum Gasteiger partial charge on any atom is 0.172 e. The molecule has 1 nitrogen and oxygen atoms in total. The molecule has 0 aliphatic heterocycles. The van der Waals surface area contributed by atoms with Gasteiger partial charge < -0.3 is 0 Å². The highest BCUT2D eigenvalue weighted by molar-refractivity contribution is 9.10. The quantitative estimate of drug-likeness (QED) is 0.644. The second kappa shape index (κ2) is 6.35. The second-order valence-corrected chi connectivity index (χ2v) is 7.21. The maximum atomic E-state index is 12.0. The van der Waals surface area contributed by atoms with E-state index >= 15 is 0 Å². The average Bonchev–Trinajstić information content (AvgIpc) is 2.68. The lowest BCUT2D eigenvalue weighted by Crippen LogP contribution is -2.08. The molecule has 0 spiro atoms. The third-order valence-electron chi connectivity index (χ3n) is 3.42. The van der Waals surface area contributed by atoms with E-state index in [1.807, 2.05) is 6.07 Å². The zero-order valence-corrected chi connectivity index (χ0v) is 12.8. The van der Waals surface area contributed by atoms with E-state index in [0.29, 0.717) is 10.8 Å². The van der Waals surface area contributed by atoms with Crippen molar-refractivity contribution in [1.29, 1.82) is 0 Å². The smallest absolute Gasteiger partial charge is 0.172 e. The third kappa shape index (κ3) is 3.80. The Kier molecular flexibility index (Phi) is 5.07. The zero-order chi connectivity index (χ0) is 12.3. The summed E-state index contributed by atoms with van der Waals surface area (Å²) in [6, 6.07) is 1.84. The van der Waals surface area contributed by atoms with Gasteiger partial charge in [-0.2, -0.15) is 0 Å². The lowest BCUT2D eigenvalue weighted by atomic mass is 9.85. The molecule has 0 unspecified atom stereocenters. The van der Waals surface area contributed by atoms with Crippen molar-refractivity contribution in [3.8, 4) is 0 Å². The average molecular weight is 336 g/mol. The fourth-order valence-corrected chi connectivity index (χ4v) is 4.09. The Morgan fingerprint density at radius 2 is 2.12 bits per heavy atom. The number of carbonyl (C=O) groups excluding carboxylic acids is 1. The Morgan fingerprint density at radius 3 is 2.71 bits per heavy atom. The van der Waals surface area contributed by atoms with Crippen LogP contribution in [0.2, 0.25) is 4.34 Å². The summed E-state index contributed by atoms with van der Waals surface area (Å²) >= 11 is 10.7. The van der Waals surface area contributed by atoms with Gasteiger partial charge in [-0.25, -0.2) is 0 Å². The lowest BCUT2D eigenvalue weighted by molar-refractivity contribution is 0.0974. The summed E-state index contributed by atoms with van der Waals surface area (Å²) in [7, 11) is 0. The first-order chi connectivity index (χ1) is 8.16. The molecule has 0 radical (unpaired) electrons. The molecular weight excluding hydrogens is 320 g/mol. The van der Waals surface area contributed by atoms with Crippen LogP contribution in [-0.4, -0.2) is 5.78 Å². The molecule has 0 atom stereocenters. The maximum absolute atomic E-state index is 12.0. The molecule has 94 valence electrons. The minimum absolute atomic E-state index is 0.244. The molecular formula is C13H16BrClOS. The molecule has 17 heavy (non-hydrogen) atoms. The van der Waals surface area contributed by atoms with E-state index in [1.54, 1.807) is 0 Å². The zero-order valence-electron chi connectivity index (χ0n) is 9.68. The van der Waals surface area contributed by atoms with Gasteiger partial charge >= 0.3 is 0 Å². The fourth-order valence-electron chi connectivity index (χ4n) is 2.42. The van der Waals surface area contributed by atoms with Gasteiger partial charge in [0.2, 0.25) is 0 Å². The highest BCUT2D eigenvalue weighted by atomic mass is 79.9. The van der Waals surface area contributed by atoms with Crippen LogP contribution in [0.5, 0.6) is 0 Å². The Hall–Kier alpha value is 0.140. The predicted octanol–water partition coefficient (Wildman–Crippen LogP) is 5.71. The van der Waals surface area contributed by atoms with Crippen LogP contribution < -0.4 is 0 Å². The van der Waals surface area contributed by atoms with Crippen molar-refractivity contribution in [3.05, 3.63) is 19.8 Å². The molecule has 0 amide bonds. The number of Topliss-reactive ketones (excluding diaryl/α,β-unsaturated/α-hetero) is 1. The van der Waals surface area contributed by atoms with E-state index in [0.717, 1.165) is 21.7 Å². The van der Waals surface area contributed by atoms with E-state index in [-0.39, 0.29) is 5.78 Å². The molecule has 0 N–H and O–H groups in total. The van der Waals surface area contributed by atoms with Crippen molar-refractivity contribution >= 4 is 44.7 Å². The van der Waals surface area contributed by atoms with Crippen LogP contribution in [0.1, 0.15) is 54.6 Å². The van der Waals surface area contributed by atoms with Gasteiger partial charge in [-0.1, -0.05) is 43.7 Å². The van der Waals surface area contributed by atoms with Crippen LogP contribution >= 0.6 is 38.9 Å². The molecule has 0 aromatic carbocycles. The lowest BCUT2D eigenvalue weighted by Gasteiger charge is -2.20. The first-order valence-corrected chi connectivity index (χ1v) is 8.13. The van der Waals surface area contributed by atoms with Crippen molar-refractivity contribution in [2.75, 3.05) is 0 Å². The van der Waals surface area contributed by atoms with E-state index in [1.165, 1.54) is 43.4 Å². The molecule has 1 aromatic rings. The van der Waals surface area contributed by atoms with Crippen LogP contribution in [0.15, 0.2) is 10.5 Å². The molecule has 1 saturated carbocycles. The van der Waals surface area contributed by atoms with Crippen LogP contribution in [0, 0.1) is 5.92 Å². The van der Waals surface area contributed by atoms with Gasteiger partial charge in [0.15, 0.2) is 5.78 Å². The molecule has 4 heteroatoms. The van der Waals surface area contributed by atoms with Gasteiger partial charge in [-0.15, -0.1) is 11.3 Å². The predicted molar refractivity (Wildman–Crippen MR) is 77.2 cm³/mol. The SMILES string of the molecule is O=C(CCC1CCCCC1)c1cc(Br)c(Cl)s1. The summed E-state index contributed by atoms with van der Waals surface area (Å²) in [5, 5.41) is 0. The van der Waals surface area contributed by atoms with Gasteiger partial charge in [0.25, 0.3) is 0 Å². The highest BCUT2D eigenvalue weighted by Gasteiger charge is 2.17. The summed E-state index contributed by atoms with van der Waals surface area (Å²) in [4.78, 5) is 12.8. The van der Waals surface area contributed by atoms with E-state index in [2.05, 4.69) is 15.9 Å². The van der Waals surface area contributed by atoms with Gasteiger partial charge in [0.05, 0.1) is 4.88 Å². The van der Waals surface area contributed by atoms with E-state index in [4.69, 9.17) is 11.6 Å². The molecule has 1 heterocycles. The minimum Gasteiger partial charge on any atom is -0.293 e. The first-order valence-electron chi connectivity index (χ1n) is 6.15. The van der Waals surface area contributed by atoms with Gasteiger partial charge in [-0.05, 0) is 34.3 Å².